The molecule has 1 aliphatic rings. The number of furan rings is 1. The van der Waals surface area contributed by atoms with E-state index in [0.29, 0.717) is 23.0 Å². The minimum Gasteiger partial charge on any atom is -0.467 e. The summed E-state index contributed by atoms with van der Waals surface area (Å²) >= 11 is 0. The lowest BCUT2D eigenvalue weighted by atomic mass is 10.0. The summed E-state index contributed by atoms with van der Waals surface area (Å²) in [6.45, 7) is 5.58. The molecule has 3 aromatic rings. The van der Waals surface area contributed by atoms with E-state index in [1.54, 1.807) is 18.4 Å². The van der Waals surface area contributed by atoms with Gasteiger partial charge in [0.25, 0.3) is 0 Å². The van der Waals surface area contributed by atoms with E-state index in [2.05, 4.69) is 16.9 Å². The van der Waals surface area contributed by atoms with Crippen molar-refractivity contribution in [3.05, 3.63) is 72.3 Å². The van der Waals surface area contributed by atoms with Crippen LogP contribution in [0.15, 0.2) is 71.0 Å². The van der Waals surface area contributed by atoms with E-state index in [4.69, 9.17) is 9.15 Å². The van der Waals surface area contributed by atoms with E-state index in [9.17, 15) is 4.79 Å². The third kappa shape index (κ3) is 2.42. The van der Waals surface area contributed by atoms with Gasteiger partial charge >= 0.3 is 5.97 Å². The molecule has 0 saturated heterocycles. The number of aromatic nitrogens is 2. The minimum absolute atomic E-state index is 0.151. The fourth-order valence-corrected chi connectivity index (χ4v) is 3.16. The van der Waals surface area contributed by atoms with Gasteiger partial charge in [0.05, 0.1) is 22.9 Å². The van der Waals surface area contributed by atoms with Gasteiger partial charge in [-0.2, -0.15) is 0 Å². The van der Waals surface area contributed by atoms with Crippen molar-refractivity contribution in [2.24, 2.45) is 0 Å². The summed E-state index contributed by atoms with van der Waals surface area (Å²) in [5, 5.41) is 3.21. The monoisotopic (exact) mass is 335 g/mol. The Morgan fingerprint density at radius 2 is 2.24 bits per heavy atom. The molecule has 1 aliphatic heterocycles. The highest BCUT2D eigenvalue weighted by Gasteiger charge is 2.36. The number of carbonyl (C=O) groups excluding carboxylic acids is 1. The van der Waals surface area contributed by atoms with Gasteiger partial charge in [0.2, 0.25) is 5.95 Å². The number of nitrogens with zero attached hydrogens (tertiary/aromatic N) is 2. The second kappa shape index (κ2) is 5.98. The SMILES string of the molecule is C=CCOC(=O)C1=C(C)Nc2nc3ccccc3n2[C@H]1c1ccco1. The summed E-state index contributed by atoms with van der Waals surface area (Å²) in [7, 11) is 0. The van der Waals surface area contributed by atoms with Crippen LogP contribution in [0.2, 0.25) is 0 Å². The van der Waals surface area contributed by atoms with Crippen molar-refractivity contribution < 1.29 is 13.9 Å². The number of rotatable bonds is 4. The molecular formula is C19H17N3O3. The Labute approximate surface area is 144 Å². The number of nitrogens with one attached hydrogen (secondary N) is 1. The third-order valence-electron chi connectivity index (χ3n) is 4.20. The second-order valence-electron chi connectivity index (χ2n) is 5.76. The quantitative estimate of drug-likeness (QED) is 0.582. The number of ether oxygens (including phenoxy) is 1. The molecule has 1 atom stereocenters. The van der Waals surface area contributed by atoms with Gasteiger partial charge in [-0.15, -0.1) is 0 Å². The summed E-state index contributed by atoms with van der Waals surface area (Å²) < 4.78 is 12.9. The van der Waals surface area contributed by atoms with E-state index in [1.807, 2.05) is 41.8 Å². The van der Waals surface area contributed by atoms with Crippen molar-refractivity contribution >= 4 is 23.0 Å². The molecule has 0 unspecified atom stereocenters. The molecule has 2 aromatic heterocycles. The topological polar surface area (TPSA) is 69.3 Å². The number of esters is 1. The van der Waals surface area contributed by atoms with Gasteiger partial charge in [0.15, 0.2) is 0 Å². The van der Waals surface area contributed by atoms with Crippen LogP contribution in [0.25, 0.3) is 11.0 Å². The molecule has 0 aliphatic carbocycles. The largest absolute Gasteiger partial charge is 0.467 e. The first-order valence-corrected chi connectivity index (χ1v) is 7.97. The van der Waals surface area contributed by atoms with Crippen molar-refractivity contribution in [3.63, 3.8) is 0 Å². The van der Waals surface area contributed by atoms with Gasteiger partial charge in [-0.05, 0) is 31.2 Å². The number of para-hydroxylation sites is 2. The van der Waals surface area contributed by atoms with Crippen LogP contribution in [-0.4, -0.2) is 22.1 Å². The Kier molecular flexibility index (Phi) is 3.65. The minimum atomic E-state index is -0.448. The van der Waals surface area contributed by atoms with Crippen LogP contribution in [-0.2, 0) is 9.53 Å². The van der Waals surface area contributed by atoms with E-state index >= 15 is 0 Å². The van der Waals surface area contributed by atoms with Crippen LogP contribution in [0.4, 0.5) is 5.95 Å². The second-order valence-corrected chi connectivity index (χ2v) is 5.76. The highest BCUT2D eigenvalue weighted by molar-refractivity contribution is 5.93. The zero-order valence-electron chi connectivity index (χ0n) is 13.7. The summed E-state index contributed by atoms with van der Waals surface area (Å²) in [6, 6.07) is 11.0. The van der Waals surface area contributed by atoms with Gasteiger partial charge in [-0.3, -0.25) is 4.57 Å². The van der Waals surface area contributed by atoms with Crippen LogP contribution >= 0.6 is 0 Å². The molecule has 3 heterocycles. The zero-order chi connectivity index (χ0) is 17.4. The number of imidazole rings is 1. The van der Waals surface area contributed by atoms with Crippen molar-refractivity contribution in [2.45, 2.75) is 13.0 Å². The fraction of sp³-hybridized carbons (Fsp3) is 0.158. The van der Waals surface area contributed by atoms with E-state index < -0.39 is 12.0 Å². The zero-order valence-corrected chi connectivity index (χ0v) is 13.7. The highest BCUT2D eigenvalue weighted by Crippen LogP contribution is 2.39. The lowest BCUT2D eigenvalue weighted by molar-refractivity contribution is -0.138. The maximum atomic E-state index is 12.7. The molecule has 0 spiro atoms. The Hall–Kier alpha value is -3.28. The van der Waals surface area contributed by atoms with Gasteiger partial charge < -0.3 is 14.5 Å². The molecule has 1 N–H and O–H groups in total. The number of allylic oxidation sites excluding steroid dienone is 1. The third-order valence-corrected chi connectivity index (χ3v) is 4.20. The first-order chi connectivity index (χ1) is 12.2. The first kappa shape index (κ1) is 15.3. The molecular weight excluding hydrogens is 318 g/mol. The Morgan fingerprint density at radius 1 is 1.40 bits per heavy atom. The van der Waals surface area contributed by atoms with Crippen molar-refractivity contribution in [1.29, 1.82) is 0 Å². The fourth-order valence-electron chi connectivity index (χ4n) is 3.16. The smallest absolute Gasteiger partial charge is 0.338 e. The number of hydrogen-bond acceptors (Lipinski definition) is 5. The molecule has 25 heavy (non-hydrogen) atoms. The summed E-state index contributed by atoms with van der Waals surface area (Å²) in [5.41, 5.74) is 2.94. The average molecular weight is 335 g/mol. The Balaban J connectivity index is 1.92. The molecule has 0 amide bonds. The van der Waals surface area contributed by atoms with Crippen LogP contribution in [0.5, 0.6) is 0 Å². The van der Waals surface area contributed by atoms with Crippen LogP contribution in [0, 0.1) is 0 Å². The van der Waals surface area contributed by atoms with Crippen LogP contribution < -0.4 is 5.32 Å². The van der Waals surface area contributed by atoms with Crippen molar-refractivity contribution in [3.8, 4) is 0 Å². The van der Waals surface area contributed by atoms with Gasteiger partial charge in [-0.1, -0.05) is 24.8 Å². The lowest BCUT2D eigenvalue weighted by Crippen LogP contribution is -2.28. The molecule has 0 fully saturated rings. The molecule has 1 aromatic carbocycles. The average Bonchev–Trinajstić information content (AvgIpc) is 3.25. The van der Waals surface area contributed by atoms with Gasteiger partial charge in [0.1, 0.15) is 18.4 Å². The normalized spacial score (nSPS) is 16.4. The van der Waals surface area contributed by atoms with Crippen molar-refractivity contribution in [2.75, 3.05) is 11.9 Å². The van der Waals surface area contributed by atoms with E-state index in [1.165, 1.54) is 0 Å². The predicted molar refractivity (Wildman–Crippen MR) is 94.1 cm³/mol. The molecule has 0 bridgehead atoms. The van der Waals surface area contributed by atoms with Gasteiger partial charge in [0, 0.05) is 5.70 Å². The number of hydrogen-bond donors (Lipinski definition) is 1. The van der Waals surface area contributed by atoms with Crippen LogP contribution in [0.1, 0.15) is 18.7 Å². The standard InChI is InChI=1S/C19H17N3O3/c1-3-10-25-18(23)16-12(2)20-19-21-13-7-4-5-8-14(13)22(19)17(16)15-9-6-11-24-15/h3-9,11,17H,1,10H2,2H3,(H,20,21)/t17-/m0/s1. The molecule has 126 valence electrons. The van der Waals surface area contributed by atoms with Crippen LogP contribution in [0.3, 0.4) is 0 Å². The summed E-state index contributed by atoms with van der Waals surface area (Å²) in [6.07, 6.45) is 3.14. The molecule has 6 nitrogen and oxygen atoms in total. The molecule has 4 rings (SSSR count). The Bertz CT molecular complexity index is 983. The summed E-state index contributed by atoms with van der Waals surface area (Å²) in [4.78, 5) is 17.3. The maximum Gasteiger partial charge on any atom is 0.338 e. The number of carbonyl (C=O) groups is 1. The van der Waals surface area contributed by atoms with E-state index in [-0.39, 0.29) is 6.61 Å². The molecule has 0 saturated carbocycles. The predicted octanol–water partition coefficient (Wildman–Crippen LogP) is 3.65. The maximum absolute atomic E-state index is 12.7. The van der Waals surface area contributed by atoms with Gasteiger partial charge in [-0.25, -0.2) is 9.78 Å². The number of benzene rings is 1. The number of anilines is 1. The Morgan fingerprint density at radius 3 is 3.00 bits per heavy atom. The molecule has 6 heteroatoms. The lowest BCUT2D eigenvalue weighted by Gasteiger charge is -2.28. The number of fused-ring (bicyclic) bond motifs is 3. The molecule has 0 radical (unpaired) electrons. The van der Waals surface area contributed by atoms with Crippen molar-refractivity contribution in [1.82, 2.24) is 9.55 Å². The highest BCUT2D eigenvalue weighted by atomic mass is 16.5. The van der Waals surface area contributed by atoms with E-state index in [0.717, 1.165) is 11.0 Å². The summed E-state index contributed by atoms with van der Waals surface area (Å²) in [5.74, 6) is 0.908. The first-order valence-electron chi connectivity index (χ1n) is 7.97.